The zero-order chi connectivity index (χ0) is 27.4. The van der Waals surface area contributed by atoms with Crippen molar-refractivity contribution in [2.45, 2.75) is 105 Å². The largest absolute Gasteiger partial charge is 0.481 e. The number of aliphatic carboxylic acids is 1. The lowest BCUT2D eigenvalue weighted by atomic mass is 9.97. The van der Waals surface area contributed by atoms with Crippen molar-refractivity contribution in [3.63, 3.8) is 0 Å². The number of carboxylic acids is 1. The first-order chi connectivity index (χ1) is 17.7. The topological polar surface area (TPSA) is 68.5 Å². The zero-order valence-electron chi connectivity index (χ0n) is 23.7. The number of para-hydroxylation sites is 2. The molecule has 3 unspecified atom stereocenters. The van der Waals surface area contributed by atoms with E-state index in [4.69, 9.17) is 9.84 Å². The van der Waals surface area contributed by atoms with E-state index in [1.54, 1.807) is 6.92 Å². The average Bonchev–Trinajstić information content (AvgIpc) is 3.27. The fourth-order valence-electron chi connectivity index (χ4n) is 4.41. The van der Waals surface area contributed by atoms with E-state index in [0.717, 1.165) is 32.1 Å². The lowest BCUT2D eigenvalue weighted by Gasteiger charge is -2.23. The van der Waals surface area contributed by atoms with Crippen molar-refractivity contribution in [2.24, 2.45) is 11.8 Å². The van der Waals surface area contributed by atoms with E-state index in [1.807, 2.05) is 20.8 Å². The number of esters is 1. The maximum atomic E-state index is 11.4. The number of aromatic nitrogens is 1. The van der Waals surface area contributed by atoms with Crippen LogP contribution < -0.4 is 0 Å². The molecule has 0 amide bonds. The highest BCUT2D eigenvalue weighted by Crippen LogP contribution is 2.32. The molecule has 2 aromatic carbocycles. The second-order valence-corrected chi connectivity index (χ2v) is 10.3. The van der Waals surface area contributed by atoms with E-state index in [2.05, 4.69) is 66.9 Å². The predicted molar refractivity (Wildman–Crippen MR) is 154 cm³/mol. The standard InChI is InChI=1S/C16H17N.C11H20O2.C5H10O2/c1-3-12(2)17-15-10-6-4-8-13(15)14-9-5-7-11-16(14)17;1-3-9(2)11(12)13-10-7-5-4-6-8-10;1-3-4(2)5(6)7/h4-12H,3H2,1-2H3;9-10H,3-8H2,1-2H3;4H,3H2,1-2H3,(H,6,7). The van der Waals surface area contributed by atoms with Crippen LogP contribution in [0, 0.1) is 11.8 Å². The van der Waals surface area contributed by atoms with Gasteiger partial charge in [0, 0.05) is 27.8 Å². The van der Waals surface area contributed by atoms with Crippen LogP contribution in [0.25, 0.3) is 21.8 Å². The summed E-state index contributed by atoms with van der Waals surface area (Å²) in [6, 6.07) is 17.9. The third-order valence-corrected chi connectivity index (χ3v) is 7.53. The minimum atomic E-state index is -0.706. The van der Waals surface area contributed by atoms with Gasteiger partial charge in [0.1, 0.15) is 6.10 Å². The monoisotopic (exact) mass is 509 g/mol. The number of carbonyl (C=O) groups excluding carboxylic acids is 1. The van der Waals surface area contributed by atoms with Gasteiger partial charge in [-0.15, -0.1) is 0 Å². The summed E-state index contributed by atoms with van der Waals surface area (Å²) >= 11 is 0. The second kappa shape index (κ2) is 15.4. The predicted octanol–water partition coefficient (Wildman–Crippen LogP) is 8.79. The van der Waals surface area contributed by atoms with E-state index < -0.39 is 5.97 Å². The van der Waals surface area contributed by atoms with Crippen molar-refractivity contribution in [1.29, 1.82) is 0 Å². The smallest absolute Gasteiger partial charge is 0.308 e. The number of benzene rings is 2. The molecule has 5 nitrogen and oxygen atoms in total. The first-order valence-electron chi connectivity index (χ1n) is 14.2. The number of hydrogen-bond donors (Lipinski definition) is 1. The van der Waals surface area contributed by atoms with Gasteiger partial charge < -0.3 is 14.4 Å². The Morgan fingerprint density at radius 2 is 1.30 bits per heavy atom. The molecule has 1 fully saturated rings. The molecule has 5 heteroatoms. The van der Waals surface area contributed by atoms with Gasteiger partial charge in [0.2, 0.25) is 0 Å². The van der Waals surface area contributed by atoms with Crippen LogP contribution in [-0.4, -0.2) is 27.7 Å². The normalized spacial score (nSPS) is 16.1. The molecular weight excluding hydrogens is 462 g/mol. The molecule has 0 saturated heterocycles. The van der Waals surface area contributed by atoms with Gasteiger partial charge in [-0.05, 0) is 64.0 Å². The van der Waals surface area contributed by atoms with Crippen molar-refractivity contribution < 1.29 is 19.4 Å². The summed E-state index contributed by atoms with van der Waals surface area (Å²) in [6.07, 6.45) is 8.86. The third kappa shape index (κ3) is 8.62. The molecule has 3 aromatic rings. The highest BCUT2D eigenvalue weighted by Gasteiger charge is 2.20. The molecule has 0 bridgehead atoms. The van der Waals surface area contributed by atoms with Crippen molar-refractivity contribution >= 4 is 33.7 Å². The Hall–Kier alpha value is -2.82. The summed E-state index contributed by atoms with van der Waals surface area (Å²) in [7, 11) is 0. The Morgan fingerprint density at radius 1 is 0.811 bits per heavy atom. The molecule has 0 spiro atoms. The van der Waals surface area contributed by atoms with E-state index in [1.165, 1.54) is 41.1 Å². The van der Waals surface area contributed by atoms with Crippen LogP contribution in [0.5, 0.6) is 0 Å². The van der Waals surface area contributed by atoms with Gasteiger partial charge in [-0.2, -0.15) is 0 Å². The molecule has 0 aliphatic heterocycles. The van der Waals surface area contributed by atoms with Crippen LogP contribution in [-0.2, 0) is 14.3 Å². The molecule has 3 atom stereocenters. The highest BCUT2D eigenvalue weighted by atomic mass is 16.5. The number of carbonyl (C=O) groups is 2. The van der Waals surface area contributed by atoms with Crippen LogP contribution in [0.3, 0.4) is 0 Å². The molecule has 1 N–H and O–H groups in total. The van der Waals surface area contributed by atoms with Crippen LogP contribution in [0.1, 0.15) is 99.0 Å². The van der Waals surface area contributed by atoms with Crippen LogP contribution >= 0.6 is 0 Å². The number of rotatable bonds is 7. The molecule has 1 aliphatic rings. The van der Waals surface area contributed by atoms with Crippen molar-refractivity contribution in [2.75, 3.05) is 0 Å². The van der Waals surface area contributed by atoms with Crippen LogP contribution in [0.4, 0.5) is 0 Å². The number of carboxylic acid groups (broad SMARTS) is 1. The Morgan fingerprint density at radius 3 is 1.70 bits per heavy atom. The molecule has 1 heterocycles. The van der Waals surface area contributed by atoms with Gasteiger partial charge in [-0.1, -0.05) is 77.4 Å². The average molecular weight is 510 g/mol. The summed E-state index contributed by atoms with van der Waals surface area (Å²) in [5, 5.41) is 10.9. The second-order valence-electron chi connectivity index (χ2n) is 10.3. The molecular formula is C32H47NO4. The van der Waals surface area contributed by atoms with Crippen molar-refractivity contribution in [3.8, 4) is 0 Å². The summed E-state index contributed by atoms with van der Waals surface area (Å²) in [5.74, 6) is -0.821. The summed E-state index contributed by atoms with van der Waals surface area (Å²) < 4.78 is 7.87. The third-order valence-electron chi connectivity index (χ3n) is 7.53. The fraction of sp³-hybridized carbons (Fsp3) is 0.562. The lowest BCUT2D eigenvalue weighted by molar-refractivity contribution is -0.155. The fourth-order valence-corrected chi connectivity index (χ4v) is 4.41. The van der Waals surface area contributed by atoms with Crippen molar-refractivity contribution in [1.82, 2.24) is 4.57 Å². The van der Waals surface area contributed by atoms with Gasteiger partial charge >= 0.3 is 11.9 Å². The molecule has 0 radical (unpaired) electrons. The Kier molecular flexibility index (Phi) is 12.7. The van der Waals surface area contributed by atoms with E-state index in [9.17, 15) is 9.59 Å². The van der Waals surface area contributed by atoms with Gasteiger partial charge in [0.05, 0.1) is 11.8 Å². The lowest BCUT2D eigenvalue weighted by Crippen LogP contribution is -2.24. The van der Waals surface area contributed by atoms with Crippen LogP contribution in [0.15, 0.2) is 48.5 Å². The SMILES string of the molecule is CCC(C)C(=O)O.CCC(C)C(=O)OC1CCCCC1.CCC(C)n1c2ccccc2c2ccccc21. The van der Waals surface area contributed by atoms with Gasteiger partial charge in [-0.25, -0.2) is 0 Å². The molecule has 204 valence electrons. The Labute approximate surface area is 223 Å². The molecule has 1 saturated carbocycles. The molecule has 1 aromatic heterocycles. The highest BCUT2D eigenvalue weighted by molar-refractivity contribution is 6.08. The van der Waals surface area contributed by atoms with E-state index in [0.29, 0.717) is 6.04 Å². The van der Waals surface area contributed by atoms with Gasteiger partial charge in [0.15, 0.2) is 0 Å². The van der Waals surface area contributed by atoms with E-state index in [-0.39, 0.29) is 23.9 Å². The number of hydrogen-bond acceptors (Lipinski definition) is 3. The van der Waals surface area contributed by atoms with Gasteiger partial charge in [-0.3, -0.25) is 9.59 Å². The molecule has 4 rings (SSSR count). The first kappa shape index (κ1) is 30.4. The Balaban J connectivity index is 0.000000214. The quantitative estimate of drug-likeness (QED) is 0.323. The molecule has 1 aliphatic carbocycles. The number of fused-ring (bicyclic) bond motifs is 3. The van der Waals surface area contributed by atoms with Gasteiger partial charge in [0.25, 0.3) is 0 Å². The van der Waals surface area contributed by atoms with Crippen molar-refractivity contribution in [3.05, 3.63) is 48.5 Å². The minimum absolute atomic E-state index is 0.00519. The summed E-state index contributed by atoms with van der Waals surface area (Å²) in [4.78, 5) is 21.4. The maximum absolute atomic E-state index is 11.4. The number of nitrogens with zero attached hydrogens (tertiary/aromatic N) is 1. The molecule has 37 heavy (non-hydrogen) atoms. The van der Waals surface area contributed by atoms with Crippen LogP contribution in [0.2, 0.25) is 0 Å². The summed E-state index contributed by atoms with van der Waals surface area (Å²) in [5.41, 5.74) is 2.70. The number of ether oxygens (including phenoxy) is 1. The summed E-state index contributed by atoms with van der Waals surface area (Å²) in [6.45, 7) is 12.0. The van der Waals surface area contributed by atoms with E-state index >= 15 is 0 Å². The first-order valence-corrected chi connectivity index (χ1v) is 14.2. The minimum Gasteiger partial charge on any atom is -0.481 e. The zero-order valence-corrected chi connectivity index (χ0v) is 23.7. The maximum Gasteiger partial charge on any atom is 0.308 e. The Bertz CT molecular complexity index is 1060.